The fourth-order valence-corrected chi connectivity index (χ4v) is 2.20. The van der Waals surface area contributed by atoms with Crippen molar-refractivity contribution in [1.82, 2.24) is 4.90 Å². The van der Waals surface area contributed by atoms with Crippen molar-refractivity contribution in [1.29, 1.82) is 0 Å². The quantitative estimate of drug-likeness (QED) is 0.684. The zero-order valence-corrected chi connectivity index (χ0v) is 9.22. The molecule has 0 saturated carbocycles. The Balaban J connectivity index is 2.22. The van der Waals surface area contributed by atoms with E-state index in [1.807, 2.05) is 0 Å². The summed E-state index contributed by atoms with van der Waals surface area (Å²) in [5.74, 6) is 2.85. The topological polar surface area (TPSA) is 67.9 Å². The monoisotopic (exact) mass is 221 g/mol. The number of carbonyl (C=O) groups is 1. The van der Waals surface area contributed by atoms with E-state index < -0.39 is 0 Å². The normalized spacial score (nSPS) is 31.4. The molecule has 2 heterocycles. The molecule has 2 aliphatic rings. The summed E-state index contributed by atoms with van der Waals surface area (Å²) < 4.78 is 5.56. The predicted octanol–water partition coefficient (Wildman–Crippen LogP) is 0.348. The Bertz CT molecular complexity index is 366. The molecule has 0 aromatic rings. The highest BCUT2D eigenvalue weighted by molar-refractivity contribution is 6.03. The highest BCUT2D eigenvalue weighted by atomic mass is 16.5. The molecule has 2 aliphatic heterocycles. The lowest BCUT2D eigenvalue weighted by Crippen LogP contribution is -2.51. The Morgan fingerprint density at radius 3 is 3.06 bits per heavy atom. The molecule has 1 fully saturated rings. The van der Waals surface area contributed by atoms with Gasteiger partial charge in [0.15, 0.2) is 0 Å². The molecule has 0 aliphatic carbocycles. The van der Waals surface area contributed by atoms with Gasteiger partial charge in [-0.1, -0.05) is 5.92 Å². The molecule has 86 valence electrons. The minimum Gasteiger partial charge on any atom is -0.385 e. The van der Waals surface area contributed by atoms with Gasteiger partial charge in [0, 0.05) is 6.61 Å². The zero-order valence-electron chi connectivity index (χ0n) is 9.22. The van der Waals surface area contributed by atoms with E-state index >= 15 is 0 Å². The third-order valence-corrected chi connectivity index (χ3v) is 3.02. The third-order valence-electron chi connectivity index (χ3n) is 3.02. The van der Waals surface area contributed by atoms with Gasteiger partial charge in [0.05, 0.1) is 12.1 Å². The van der Waals surface area contributed by atoms with Gasteiger partial charge in [-0.15, -0.1) is 6.42 Å². The van der Waals surface area contributed by atoms with Crippen molar-refractivity contribution in [2.24, 2.45) is 10.7 Å². The number of hydrogen-bond acceptors (Lipinski definition) is 3. The Kier molecular flexibility index (Phi) is 2.84. The SMILES string of the molecule is C#CC(C)N1C(=O)N=C(N)C1C1CCCO1. The van der Waals surface area contributed by atoms with Gasteiger partial charge >= 0.3 is 6.03 Å². The molecule has 5 heteroatoms. The van der Waals surface area contributed by atoms with Gasteiger partial charge in [-0.05, 0) is 19.8 Å². The third kappa shape index (κ3) is 1.65. The van der Waals surface area contributed by atoms with E-state index in [4.69, 9.17) is 16.9 Å². The van der Waals surface area contributed by atoms with Crippen LogP contribution in [-0.4, -0.2) is 41.6 Å². The number of hydrogen-bond donors (Lipinski definition) is 1. The highest BCUT2D eigenvalue weighted by Gasteiger charge is 2.42. The molecule has 1 saturated heterocycles. The highest BCUT2D eigenvalue weighted by Crippen LogP contribution is 2.25. The smallest absolute Gasteiger partial charge is 0.346 e. The Morgan fingerprint density at radius 1 is 1.75 bits per heavy atom. The van der Waals surface area contributed by atoms with Crippen LogP contribution in [0.1, 0.15) is 19.8 Å². The van der Waals surface area contributed by atoms with Crippen LogP contribution >= 0.6 is 0 Å². The minimum atomic E-state index is -0.358. The second kappa shape index (κ2) is 4.14. The summed E-state index contributed by atoms with van der Waals surface area (Å²) in [5.41, 5.74) is 5.77. The molecule has 0 aromatic carbocycles. The van der Waals surface area contributed by atoms with Crippen LogP contribution in [0.2, 0.25) is 0 Å². The molecule has 0 aromatic heterocycles. The summed E-state index contributed by atoms with van der Waals surface area (Å²) in [5, 5.41) is 0. The lowest BCUT2D eigenvalue weighted by atomic mass is 10.1. The Hall–Kier alpha value is -1.54. The zero-order chi connectivity index (χ0) is 11.7. The molecular weight excluding hydrogens is 206 g/mol. The van der Waals surface area contributed by atoms with Crippen LogP contribution in [0.4, 0.5) is 4.79 Å². The molecule has 2 amide bonds. The van der Waals surface area contributed by atoms with E-state index in [0.29, 0.717) is 12.4 Å². The fraction of sp³-hybridized carbons (Fsp3) is 0.636. The van der Waals surface area contributed by atoms with Crippen LogP contribution in [0, 0.1) is 12.3 Å². The number of ether oxygens (including phenoxy) is 1. The van der Waals surface area contributed by atoms with Crippen LogP contribution in [-0.2, 0) is 4.74 Å². The molecule has 3 unspecified atom stereocenters. The number of amidine groups is 1. The molecule has 0 radical (unpaired) electrons. The number of carbonyl (C=O) groups excluding carboxylic acids is 1. The molecule has 0 spiro atoms. The first-order valence-electron chi connectivity index (χ1n) is 5.39. The maximum atomic E-state index is 11.7. The number of rotatable bonds is 2. The number of urea groups is 1. The maximum Gasteiger partial charge on any atom is 0.346 e. The van der Waals surface area contributed by atoms with Gasteiger partial charge in [-0.3, -0.25) is 4.90 Å². The van der Waals surface area contributed by atoms with Gasteiger partial charge in [0.25, 0.3) is 0 Å². The molecule has 3 atom stereocenters. The van der Waals surface area contributed by atoms with E-state index in [9.17, 15) is 4.79 Å². The summed E-state index contributed by atoms with van der Waals surface area (Å²) in [6, 6.07) is -0.962. The summed E-state index contributed by atoms with van der Waals surface area (Å²) in [7, 11) is 0. The summed E-state index contributed by atoms with van der Waals surface area (Å²) in [6.07, 6.45) is 7.16. The summed E-state index contributed by atoms with van der Waals surface area (Å²) in [6.45, 7) is 2.49. The van der Waals surface area contributed by atoms with Crippen molar-refractivity contribution < 1.29 is 9.53 Å². The Labute approximate surface area is 94.6 Å². The number of terminal acetylenes is 1. The van der Waals surface area contributed by atoms with Gasteiger partial charge in [0.1, 0.15) is 11.9 Å². The molecule has 2 rings (SSSR count). The Morgan fingerprint density at radius 2 is 2.50 bits per heavy atom. The van der Waals surface area contributed by atoms with E-state index in [1.54, 1.807) is 6.92 Å². The van der Waals surface area contributed by atoms with Crippen LogP contribution in [0.15, 0.2) is 4.99 Å². The molecule has 5 nitrogen and oxygen atoms in total. The van der Waals surface area contributed by atoms with Crippen LogP contribution < -0.4 is 5.73 Å². The predicted molar refractivity (Wildman–Crippen MR) is 59.9 cm³/mol. The number of nitrogens with two attached hydrogens (primary N) is 1. The van der Waals surface area contributed by atoms with Gasteiger partial charge in [0.2, 0.25) is 0 Å². The lowest BCUT2D eigenvalue weighted by Gasteiger charge is -2.30. The van der Waals surface area contributed by atoms with Crippen molar-refractivity contribution in [3.8, 4) is 12.3 Å². The van der Waals surface area contributed by atoms with Crippen molar-refractivity contribution >= 4 is 11.9 Å². The molecular formula is C11H15N3O2. The van der Waals surface area contributed by atoms with Crippen molar-refractivity contribution in [3.63, 3.8) is 0 Å². The van der Waals surface area contributed by atoms with Crippen LogP contribution in [0.25, 0.3) is 0 Å². The van der Waals surface area contributed by atoms with Crippen LogP contribution in [0.3, 0.4) is 0 Å². The van der Waals surface area contributed by atoms with Crippen molar-refractivity contribution in [2.75, 3.05) is 6.61 Å². The van der Waals surface area contributed by atoms with E-state index in [1.165, 1.54) is 4.90 Å². The first-order valence-corrected chi connectivity index (χ1v) is 5.39. The van der Waals surface area contributed by atoms with Crippen molar-refractivity contribution in [2.45, 2.75) is 38.0 Å². The minimum absolute atomic E-state index is 0.0639. The largest absolute Gasteiger partial charge is 0.385 e. The van der Waals surface area contributed by atoms with E-state index in [2.05, 4.69) is 10.9 Å². The number of aliphatic imine (C=N–C) groups is 1. The maximum absolute atomic E-state index is 11.7. The average Bonchev–Trinajstić information content (AvgIpc) is 2.84. The lowest BCUT2D eigenvalue weighted by molar-refractivity contribution is 0.0629. The standard InChI is InChI=1S/C11H15N3O2/c1-3-7(2)14-9(8-5-4-6-16-8)10(12)13-11(14)15/h1,7-9H,4-6H2,2H3,(H2,12,13,15). The average molecular weight is 221 g/mol. The van der Waals surface area contributed by atoms with Gasteiger partial charge in [-0.25, -0.2) is 4.79 Å². The molecule has 0 bridgehead atoms. The molecule has 16 heavy (non-hydrogen) atoms. The van der Waals surface area contributed by atoms with Gasteiger partial charge in [-0.2, -0.15) is 4.99 Å². The number of nitrogens with zero attached hydrogens (tertiary/aromatic N) is 2. The van der Waals surface area contributed by atoms with Gasteiger partial charge < -0.3 is 10.5 Å². The van der Waals surface area contributed by atoms with E-state index in [0.717, 1.165) is 12.8 Å². The molecule has 2 N–H and O–H groups in total. The van der Waals surface area contributed by atoms with E-state index in [-0.39, 0.29) is 24.2 Å². The second-order valence-corrected chi connectivity index (χ2v) is 4.07. The fourth-order valence-electron chi connectivity index (χ4n) is 2.20. The second-order valence-electron chi connectivity index (χ2n) is 4.07. The summed E-state index contributed by atoms with van der Waals surface area (Å²) >= 11 is 0. The van der Waals surface area contributed by atoms with Crippen LogP contribution in [0.5, 0.6) is 0 Å². The first-order chi connectivity index (χ1) is 7.65. The first kappa shape index (κ1) is 11.0. The van der Waals surface area contributed by atoms with Crippen molar-refractivity contribution in [3.05, 3.63) is 0 Å². The number of amides is 2. The summed E-state index contributed by atoms with van der Waals surface area (Å²) in [4.78, 5) is 17.0.